The smallest absolute Gasteiger partial charge is 0.341 e. The van der Waals surface area contributed by atoms with E-state index in [9.17, 15) is 14.7 Å². The summed E-state index contributed by atoms with van der Waals surface area (Å²) >= 11 is 0. The van der Waals surface area contributed by atoms with Crippen LogP contribution in [0.3, 0.4) is 0 Å². The molecule has 4 heteroatoms. The Hall–Kier alpha value is -2.36. The van der Waals surface area contributed by atoms with Gasteiger partial charge in [-0.05, 0) is 43.0 Å². The second kappa shape index (κ2) is 5.33. The first-order valence-electron chi connectivity index (χ1n) is 6.40. The molecule has 0 saturated heterocycles. The number of pyridine rings is 1. The maximum absolute atomic E-state index is 12.3. The number of aryl methyl sites for hydroxylation is 2. The highest BCUT2D eigenvalue weighted by molar-refractivity contribution is 5.89. The number of aromatic nitrogens is 1. The summed E-state index contributed by atoms with van der Waals surface area (Å²) in [5.74, 6) is -1.17. The molecule has 0 aliphatic heterocycles. The number of hydrogen-bond acceptors (Lipinski definition) is 2. The first-order valence-corrected chi connectivity index (χ1v) is 6.40. The average Bonchev–Trinajstić information content (AvgIpc) is 2.38. The Morgan fingerprint density at radius 2 is 1.80 bits per heavy atom. The highest BCUT2D eigenvalue weighted by Gasteiger charge is 2.17. The monoisotopic (exact) mass is 271 g/mol. The molecule has 2 aromatic rings. The summed E-state index contributed by atoms with van der Waals surface area (Å²) < 4.78 is 1.47. The van der Waals surface area contributed by atoms with Gasteiger partial charge in [0.15, 0.2) is 0 Å². The van der Waals surface area contributed by atoms with E-state index in [1.807, 2.05) is 38.1 Å². The van der Waals surface area contributed by atoms with Crippen molar-refractivity contribution in [2.24, 2.45) is 0 Å². The summed E-state index contributed by atoms with van der Waals surface area (Å²) in [4.78, 5) is 23.5. The van der Waals surface area contributed by atoms with Gasteiger partial charge in [-0.1, -0.05) is 24.3 Å². The lowest BCUT2D eigenvalue weighted by atomic mass is 10.1. The van der Waals surface area contributed by atoms with Crippen molar-refractivity contribution in [2.75, 3.05) is 0 Å². The van der Waals surface area contributed by atoms with Crippen LogP contribution < -0.4 is 5.56 Å². The van der Waals surface area contributed by atoms with E-state index < -0.39 is 11.5 Å². The summed E-state index contributed by atoms with van der Waals surface area (Å²) in [6.07, 6.45) is 1.72. The van der Waals surface area contributed by atoms with E-state index in [0.717, 1.165) is 16.7 Å². The molecule has 1 aromatic carbocycles. The van der Waals surface area contributed by atoms with Crippen LogP contribution in [0.15, 0.2) is 35.3 Å². The van der Waals surface area contributed by atoms with Gasteiger partial charge in [-0.3, -0.25) is 4.79 Å². The zero-order chi connectivity index (χ0) is 14.9. The van der Waals surface area contributed by atoms with E-state index in [0.29, 0.717) is 12.1 Å². The number of rotatable bonds is 3. The fourth-order valence-electron chi connectivity index (χ4n) is 2.23. The van der Waals surface area contributed by atoms with Crippen molar-refractivity contribution in [3.05, 3.63) is 68.6 Å². The number of benzene rings is 1. The zero-order valence-corrected chi connectivity index (χ0v) is 11.8. The Kier molecular flexibility index (Phi) is 3.74. The van der Waals surface area contributed by atoms with Crippen LogP contribution in [0.25, 0.3) is 0 Å². The predicted molar refractivity (Wildman–Crippen MR) is 77.4 cm³/mol. The fraction of sp³-hybridized carbons (Fsp3) is 0.250. The van der Waals surface area contributed by atoms with E-state index >= 15 is 0 Å². The molecule has 0 aliphatic rings. The average molecular weight is 271 g/mol. The van der Waals surface area contributed by atoms with Gasteiger partial charge in [0.05, 0.1) is 6.54 Å². The van der Waals surface area contributed by atoms with Gasteiger partial charge in [0.2, 0.25) is 0 Å². The number of aromatic carboxylic acids is 1. The van der Waals surface area contributed by atoms with Crippen LogP contribution in [0.1, 0.15) is 32.6 Å². The molecular formula is C16H17NO3. The van der Waals surface area contributed by atoms with Crippen LogP contribution in [0.5, 0.6) is 0 Å². The molecule has 1 N–H and O–H groups in total. The summed E-state index contributed by atoms with van der Waals surface area (Å²) in [6.45, 7) is 5.83. The third-order valence-corrected chi connectivity index (χ3v) is 3.61. The molecule has 0 amide bonds. The molecule has 2 rings (SSSR count). The molecule has 4 nitrogen and oxygen atoms in total. The Morgan fingerprint density at radius 1 is 1.15 bits per heavy atom. The van der Waals surface area contributed by atoms with Gasteiger partial charge < -0.3 is 9.67 Å². The normalized spacial score (nSPS) is 10.6. The van der Waals surface area contributed by atoms with Crippen LogP contribution in [0, 0.1) is 20.8 Å². The largest absolute Gasteiger partial charge is 0.477 e. The van der Waals surface area contributed by atoms with E-state index in [1.165, 1.54) is 4.57 Å². The van der Waals surface area contributed by atoms with Crippen molar-refractivity contribution >= 4 is 5.97 Å². The summed E-state index contributed by atoms with van der Waals surface area (Å²) in [5.41, 5.74) is 2.82. The summed E-state index contributed by atoms with van der Waals surface area (Å²) in [6, 6.07) is 7.76. The van der Waals surface area contributed by atoms with Crippen molar-refractivity contribution in [3.8, 4) is 0 Å². The highest BCUT2D eigenvalue weighted by atomic mass is 16.4. The lowest BCUT2D eigenvalue weighted by Gasteiger charge is -2.13. The van der Waals surface area contributed by atoms with Crippen molar-refractivity contribution < 1.29 is 9.90 Å². The Morgan fingerprint density at radius 3 is 2.40 bits per heavy atom. The van der Waals surface area contributed by atoms with Crippen molar-refractivity contribution in [1.29, 1.82) is 0 Å². The van der Waals surface area contributed by atoms with Gasteiger partial charge >= 0.3 is 5.97 Å². The Balaban J connectivity index is 2.57. The third-order valence-electron chi connectivity index (χ3n) is 3.61. The molecule has 1 heterocycles. The topological polar surface area (TPSA) is 59.3 Å². The molecule has 0 aliphatic carbocycles. The van der Waals surface area contributed by atoms with Crippen LogP contribution in [-0.4, -0.2) is 15.6 Å². The van der Waals surface area contributed by atoms with Gasteiger partial charge in [-0.25, -0.2) is 4.79 Å². The number of hydrogen-bond donors (Lipinski definition) is 1. The fourth-order valence-corrected chi connectivity index (χ4v) is 2.23. The molecule has 104 valence electrons. The SMILES string of the molecule is Cc1ccccc1Cn1cc(C)c(C)c(C(=O)O)c1=O. The minimum Gasteiger partial charge on any atom is -0.477 e. The lowest BCUT2D eigenvalue weighted by molar-refractivity contribution is 0.0693. The van der Waals surface area contributed by atoms with E-state index in [-0.39, 0.29) is 5.56 Å². The van der Waals surface area contributed by atoms with Crippen LogP contribution in [0.2, 0.25) is 0 Å². The second-order valence-corrected chi connectivity index (χ2v) is 4.98. The molecule has 0 spiro atoms. The molecule has 0 atom stereocenters. The van der Waals surface area contributed by atoms with E-state index in [1.54, 1.807) is 13.1 Å². The number of nitrogens with zero attached hydrogens (tertiary/aromatic N) is 1. The quantitative estimate of drug-likeness (QED) is 0.933. The molecule has 1 aromatic heterocycles. The van der Waals surface area contributed by atoms with Gasteiger partial charge in [-0.15, -0.1) is 0 Å². The maximum atomic E-state index is 12.3. The minimum atomic E-state index is -1.17. The van der Waals surface area contributed by atoms with Gasteiger partial charge in [0.25, 0.3) is 5.56 Å². The number of carboxylic acids is 1. The second-order valence-electron chi connectivity index (χ2n) is 4.98. The minimum absolute atomic E-state index is 0.140. The highest BCUT2D eigenvalue weighted by Crippen LogP contribution is 2.12. The third kappa shape index (κ3) is 2.50. The van der Waals surface area contributed by atoms with Gasteiger partial charge in [0.1, 0.15) is 5.56 Å². The number of carbonyl (C=O) groups is 1. The van der Waals surface area contributed by atoms with Crippen LogP contribution >= 0.6 is 0 Å². The Bertz CT molecular complexity index is 729. The maximum Gasteiger partial charge on any atom is 0.341 e. The zero-order valence-electron chi connectivity index (χ0n) is 11.8. The first kappa shape index (κ1) is 14.1. The van der Waals surface area contributed by atoms with E-state index in [2.05, 4.69) is 0 Å². The van der Waals surface area contributed by atoms with E-state index in [4.69, 9.17) is 0 Å². The summed E-state index contributed by atoms with van der Waals surface area (Å²) in [5, 5.41) is 9.20. The van der Waals surface area contributed by atoms with Gasteiger partial charge in [-0.2, -0.15) is 0 Å². The first-order chi connectivity index (χ1) is 9.41. The van der Waals surface area contributed by atoms with Crippen molar-refractivity contribution in [2.45, 2.75) is 27.3 Å². The molecule has 0 bridgehead atoms. The standard InChI is InChI=1S/C16H17NO3/c1-10-6-4-5-7-13(10)9-17-8-11(2)12(3)14(15(17)18)16(19)20/h4-8H,9H2,1-3H3,(H,19,20). The van der Waals surface area contributed by atoms with Gasteiger partial charge in [0, 0.05) is 6.20 Å². The molecule has 0 unspecified atom stereocenters. The summed E-state index contributed by atoms with van der Waals surface area (Å²) in [7, 11) is 0. The molecule has 0 saturated carbocycles. The van der Waals surface area contributed by atoms with Crippen molar-refractivity contribution in [1.82, 2.24) is 4.57 Å². The van der Waals surface area contributed by atoms with Crippen LogP contribution in [-0.2, 0) is 6.54 Å². The van der Waals surface area contributed by atoms with Crippen LogP contribution in [0.4, 0.5) is 0 Å². The van der Waals surface area contributed by atoms with Crippen molar-refractivity contribution in [3.63, 3.8) is 0 Å². The molecule has 0 radical (unpaired) electrons. The molecule has 0 fully saturated rings. The number of carboxylic acid groups (broad SMARTS) is 1. The predicted octanol–water partition coefficient (Wildman–Crippen LogP) is 2.52. The lowest BCUT2D eigenvalue weighted by Crippen LogP contribution is -2.28. The Labute approximate surface area is 117 Å². The molecular weight excluding hydrogens is 254 g/mol. The molecule has 20 heavy (non-hydrogen) atoms.